The summed E-state index contributed by atoms with van der Waals surface area (Å²) in [6.07, 6.45) is 2.33. The molecule has 4 nitrogen and oxygen atoms in total. The van der Waals surface area contributed by atoms with Crippen LogP contribution in [0.5, 0.6) is 0 Å². The summed E-state index contributed by atoms with van der Waals surface area (Å²) in [4.78, 5) is 6.79. The second kappa shape index (κ2) is 10.9. The first-order valence-corrected chi connectivity index (χ1v) is 8.42. The lowest BCUT2D eigenvalue weighted by molar-refractivity contribution is 0.258. The molecule has 0 radical (unpaired) electrons. The van der Waals surface area contributed by atoms with Crippen LogP contribution in [0.2, 0.25) is 0 Å². The smallest absolute Gasteiger partial charge is 0.191 e. The summed E-state index contributed by atoms with van der Waals surface area (Å²) in [6.45, 7) is 9.67. The van der Waals surface area contributed by atoms with Crippen LogP contribution in [0.25, 0.3) is 0 Å². The summed E-state index contributed by atoms with van der Waals surface area (Å²) in [5, 5.41) is 6.79. The molecule has 0 fully saturated rings. The molecule has 0 bridgehead atoms. The fraction of sp³-hybridized carbons (Fsp3) is 0.611. The molecule has 130 valence electrons. The van der Waals surface area contributed by atoms with E-state index in [4.69, 9.17) is 0 Å². The van der Waals surface area contributed by atoms with Crippen molar-refractivity contribution in [1.29, 1.82) is 0 Å². The molecule has 0 aliphatic carbocycles. The second-order valence-electron chi connectivity index (χ2n) is 6.40. The van der Waals surface area contributed by atoms with E-state index in [1.165, 1.54) is 17.5 Å². The maximum absolute atomic E-state index is 4.28. The van der Waals surface area contributed by atoms with Crippen molar-refractivity contribution in [3.05, 3.63) is 35.4 Å². The highest BCUT2D eigenvalue weighted by Gasteiger charge is 2.14. The third kappa shape index (κ3) is 7.08. The number of nitrogens with one attached hydrogen (secondary N) is 2. The van der Waals surface area contributed by atoms with Gasteiger partial charge in [0.05, 0.1) is 0 Å². The monoisotopic (exact) mass is 430 g/mol. The highest BCUT2D eigenvalue weighted by Crippen LogP contribution is 2.17. The highest BCUT2D eigenvalue weighted by atomic mass is 127. The molecule has 2 rings (SSSR count). The van der Waals surface area contributed by atoms with E-state index in [1.54, 1.807) is 0 Å². The van der Waals surface area contributed by atoms with Crippen molar-refractivity contribution in [2.75, 3.05) is 33.2 Å². The predicted octanol–water partition coefficient (Wildman–Crippen LogP) is 2.87. The molecule has 0 unspecified atom stereocenters. The molecular weight excluding hydrogens is 399 g/mol. The maximum atomic E-state index is 4.28. The van der Waals surface area contributed by atoms with Crippen molar-refractivity contribution >= 4 is 29.9 Å². The molecule has 23 heavy (non-hydrogen) atoms. The third-order valence-corrected chi connectivity index (χ3v) is 4.17. The summed E-state index contributed by atoms with van der Waals surface area (Å²) in [5.41, 5.74) is 2.99. The van der Waals surface area contributed by atoms with Crippen molar-refractivity contribution in [3.63, 3.8) is 0 Å². The molecule has 0 saturated heterocycles. The van der Waals surface area contributed by atoms with Crippen molar-refractivity contribution in [1.82, 2.24) is 15.5 Å². The second-order valence-corrected chi connectivity index (χ2v) is 6.40. The van der Waals surface area contributed by atoms with Crippen molar-refractivity contribution < 1.29 is 0 Å². The van der Waals surface area contributed by atoms with Gasteiger partial charge in [0.15, 0.2) is 5.96 Å². The van der Waals surface area contributed by atoms with Gasteiger partial charge >= 0.3 is 0 Å². The molecule has 0 aromatic heterocycles. The van der Waals surface area contributed by atoms with E-state index < -0.39 is 0 Å². The fourth-order valence-corrected chi connectivity index (χ4v) is 2.78. The number of hydrogen-bond donors (Lipinski definition) is 2. The summed E-state index contributed by atoms with van der Waals surface area (Å²) < 4.78 is 0. The van der Waals surface area contributed by atoms with Gasteiger partial charge in [0.2, 0.25) is 0 Å². The van der Waals surface area contributed by atoms with Crippen LogP contribution >= 0.6 is 24.0 Å². The average molecular weight is 430 g/mol. The Balaban J connectivity index is 0.00000264. The van der Waals surface area contributed by atoms with Gasteiger partial charge in [-0.05, 0) is 29.9 Å². The van der Waals surface area contributed by atoms with Crippen molar-refractivity contribution in [2.24, 2.45) is 10.9 Å². The van der Waals surface area contributed by atoms with Crippen molar-refractivity contribution in [3.8, 4) is 0 Å². The SMILES string of the molecule is CN=C(NCCC(C)C)NCCN1CCc2ccccc2C1.I. The topological polar surface area (TPSA) is 39.7 Å². The average Bonchev–Trinajstić information content (AvgIpc) is 2.53. The molecule has 2 N–H and O–H groups in total. The molecule has 5 heteroatoms. The molecule has 0 saturated carbocycles. The fourth-order valence-electron chi connectivity index (χ4n) is 2.78. The van der Waals surface area contributed by atoms with Gasteiger partial charge in [-0.1, -0.05) is 38.1 Å². The number of nitrogens with zero attached hydrogens (tertiary/aromatic N) is 2. The van der Waals surface area contributed by atoms with Crippen LogP contribution in [0, 0.1) is 5.92 Å². The minimum absolute atomic E-state index is 0. The van der Waals surface area contributed by atoms with Crippen LogP contribution in [0.15, 0.2) is 29.3 Å². The van der Waals surface area contributed by atoms with E-state index >= 15 is 0 Å². The lowest BCUT2D eigenvalue weighted by atomic mass is 10.00. The first-order valence-electron chi connectivity index (χ1n) is 8.42. The number of hydrogen-bond acceptors (Lipinski definition) is 2. The van der Waals surface area contributed by atoms with Gasteiger partial charge in [0.25, 0.3) is 0 Å². The predicted molar refractivity (Wildman–Crippen MR) is 110 cm³/mol. The van der Waals surface area contributed by atoms with E-state index in [9.17, 15) is 0 Å². The number of benzene rings is 1. The number of aliphatic imine (C=N–C) groups is 1. The minimum atomic E-state index is 0. The van der Waals surface area contributed by atoms with Crippen LogP contribution in [0.4, 0.5) is 0 Å². The Labute approximate surface area is 158 Å². The third-order valence-electron chi connectivity index (χ3n) is 4.17. The zero-order valence-corrected chi connectivity index (χ0v) is 17.0. The van der Waals surface area contributed by atoms with Crippen LogP contribution in [0.3, 0.4) is 0 Å². The Bertz CT molecular complexity index is 488. The van der Waals surface area contributed by atoms with Gasteiger partial charge in [-0.15, -0.1) is 24.0 Å². The van der Waals surface area contributed by atoms with E-state index in [2.05, 4.69) is 58.6 Å². The summed E-state index contributed by atoms with van der Waals surface area (Å²) in [6, 6.07) is 8.79. The summed E-state index contributed by atoms with van der Waals surface area (Å²) in [7, 11) is 1.84. The van der Waals surface area contributed by atoms with Gasteiger partial charge in [-0.2, -0.15) is 0 Å². The Morgan fingerprint density at radius 3 is 2.57 bits per heavy atom. The van der Waals surface area contributed by atoms with Gasteiger partial charge in [0, 0.05) is 39.8 Å². The van der Waals surface area contributed by atoms with Gasteiger partial charge in [-0.25, -0.2) is 0 Å². The first kappa shape index (κ1) is 20.2. The van der Waals surface area contributed by atoms with Crippen molar-refractivity contribution in [2.45, 2.75) is 33.2 Å². The van der Waals surface area contributed by atoms with Crippen LogP contribution in [-0.2, 0) is 13.0 Å². The van der Waals surface area contributed by atoms with E-state index in [0.717, 1.165) is 51.0 Å². The normalized spacial score (nSPS) is 15.0. The zero-order valence-electron chi connectivity index (χ0n) is 14.6. The Hall–Kier alpha value is -0.820. The molecule has 0 amide bonds. The van der Waals surface area contributed by atoms with E-state index in [1.807, 2.05) is 7.05 Å². The van der Waals surface area contributed by atoms with E-state index in [0.29, 0.717) is 0 Å². The van der Waals surface area contributed by atoms with Crippen LogP contribution < -0.4 is 10.6 Å². The summed E-state index contributed by atoms with van der Waals surface area (Å²) in [5.74, 6) is 1.64. The molecular formula is C18H31IN4. The molecule has 1 aliphatic heterocycles. The van der Waals surface area contributed by atoms with Crippen LogP contribution in [-0.4, -0.2) is 44.1 Å². The summed E-state index contributed by atoms with van der Waals surface area (Å²) >= 11 is 0. The zero-order chi connectivity index (χ0) is 15.8. The Morgan fingerprint density at radius 1 is 1.17 bits per heavy atom. The van der Waals surface area contributed by atoms with Gasteiger partial charge in [-0.3, -0.25) is 9.89 Å². The first-order chi connectivity index (χ1) is 10.7. The molecule has 0 atom stereocenters. The lowest BCUT2D eigenvalue weighted by Crippen LogP contribution is -2.43. The molecule has 1 aliphatic rings. The number of rotatable bonds is 6. The molecule has 1 aromatic rings. The van der Waals surface area contributed by atoms with Gasteiger partial charge in [0.1, 0.15) is 0 Å². The molecule has 1 aromatic carbocycles. The number of guanidine groups is 1. The molecule has 0 spiro atoms. The maximum Gasteiger partial charge on any atom is 0.191 e. The Morgan fingerprint density at radius 2 is 1.87 bits per heavy atom. The largest absolute Gasteiger partial charge is 0.356 e. The quantitative estimate of drug-likeness (QED) is 0.414. The standard InChI is InChI=1S/C18H30N4.HI/c1-15(2)8-10-20-18(19-3)21-11-13-22-12-9-16-6-4-5-7-17(16)14-22;/h4-7,15H,8-14H2,1-3H3,(H2,19,20,21);1H. The number of fused-ring (bicyclic) bond motifs is 1. The number of halogens is 1. The van der Waals surface area contributed by atoms with Gasteiger partial charge < -0.3 is 10.6 Å². The van der Waals surface area contributed by atoms with Crippen LogP contribution in [0.1, 0.15) is 31.4 Å². The lowest BCUT2D eigenvalue weighted by Gasteiger charge is -2.28. The van der Waals surface area contributed by atoms with E-state index in [-0.39, 0.29) is 24.0 Å². The minimum Gasteiger partial charge on any atom is -0.356 e. The highest BCUT2D eigenvalue weighted by molar-refractivity contribution is 14.0. The Kier molecular flexibility index (Phi) is 9.55. The molecule has 1 heterocycles.